The molecule has 0 bridgehead atoms. The summed E-state index contributed by atoms with van der Waals surface area (Å²) >= 11 is 0. The first kappa shape index (κ1) is 29.3. The molecule has 2 aliphatic rings. The lowest BCUT2D eigenvalue weighted by Crippen LogP contribution is -2.50. The Labute approximate surface area is 247 Å². The predicted molar refractivity (Wildman–Crippen MR) is 161 cm³/mol. The molecule has 1 aromatic carbocycles. The minimum Gasteiger partial charge on any atom is -0.447 e. The molecule has 5 rings (SSSR count). The molecule has 10 nitrogen and oxygen atoms in total. The van der Waals surface area contributed by atoms with Gasteiger partial charge in [-0.3, -0.25) is 9.88 Å². The van der Waals surface area contributed by atoms with Gasteiger partial charge in [0.15, 0.2) is 0 Å². The van der Waals surface area contributed by atoms with Crippen LogP contribution in [0.1, 0.15) is 73.4 Å². The number of fused-ring (bicyclic) bond motifs is 2. The lowest BCUT2D eigenvalue weighted by Gasteiger charge is -2.39. The van der Waals surface area contributed by atoms with Crippen molar-refractivity contribution in [3.8, 4) is 0 Å². The van der Waals surface area contributed by atoms with Gasteiger partial charge < -0.3 is 24.3 Å². The zero-order valence-electron chi connectivity index (χ0n) is 25.2. The molecule has 2 amide bonds. The van der Waals surface area contributed by atoms with Gasteiger partial charge >= 0.3 is 12.2 Å². The molecule has 10 heteroatoms. The molecule has 0 saturated carbocycles. The number of alkyl carbamates (subject to hydrolysis) is 1. The number of carbonyl (C=O) groups is 2. The third-order valence-corrected chi connectivity index (χ3v) is 7.60. The number of nitrogens with zero attached hydrogens (tertiary/aromatic N) is 5. The number of carbonyl (C=O) groups excluding carboxylic acids is 2. The van der Waals surface area contributed by atoms with Crippen LogP contribution in [0.15, 0.2) is 49.1 Å². The molecule has 222 valence electrons. The summed E-state index contributed by atoms with van der Waals surface area (Å²) in [7, 11) is 1.92. The SMILES string of the molecule is Cc1ccc2c(c1)C([C@H](NC(=O)OC(C)C)c1cncn1C)=Cc1cccnc1[C@H]2N1CCN(C(=O)OC(C)C)CC1. The maximum Gasteiger partial charge on any atom is 0.410 e. The summed E-state index contributed by atoms with van der Waals surface area (Å²) in [5, 5.41) is 3.13. The number of imidazole rings is 1. The largest absolute Gasteiger partial charge is 0.447 e. The van der Waals surface area contributed by atoms with Gasteiger partial charge in [0, 0.05) is 39.4 Å². The summed E-state index contributed by atoms with van der Waals surface area (Å²) in [6.45, 7) is 11.9. The molecule has 2 aromatic heterocycles. The molecule has 1 N–H and O–H groups in total. The fourth-order valence-corrected chi connectivity index (χ4v) is 5.70. The van der Waals surface area contributed by atoms with Gasteiger partial charge in [0.05, 0.1) is 48.2 Å². The zero-order chi connectivity index (χ0) is 30.0. The third-order valence-electron chi connectivity index (χ3n) is 7.60. The standard InChI is InChI=1S/C32H40N6O4/c1-20(2)41-31(39)35-29(27-18-33-19-36(27)6)26-17-23-8-7-11-34-28(23)30(24-10-9-22(5)16-25(24)26)37-12-14-38(15-13-37)32(40)42-21(3)4/h7-11,16-21,29-30H,12-15H2,1-6H3,(H,35,39)/t29-,30-/m0/s1. The fourth-order valence-electron chi connectivity index (χ4n) is 5.70. The van der Waals surface area contributed by atoms with Crippen LogP contribution in [0.3, 0.4) is 0 Å². The highest BCUT2D eigenvalue weighted by atomic mass is 16.6. The molecule has 0 unspecified atom stereocenters. The van der Waals surface area contributed by atoms with E-state index in [2.05, 4.69) is 52.5 Å². The topological polar surface area (TPSA) is 102 Å². The summed E-state index contributed by atoms with van der Waals surface area (Å²) in [5.74, 6) is 0. The zero-order valence-corrected chi connectivity index (χ0v) is 25.2. The number of amides is 2. The quantitative estimate of drug-likeness (QED) is 0.438. The van der Waals surface area contributed by atoms with Crippen LogP contribution < -0.4 is 5.32 Å². The fraction of sp³-hybridized carbons (Fsp3) is 0.438. The van der Waals surface area contributed by atoms with Gasteiger partial charge in [-0.05, 0) is 69.0 Å². The van der Waals surface area contributed by atoms with Crippen molar-refractivity contribution in [1.29, 1.82) is 0 Å². The number of rotatable bonds is 6. The Morgan fingerprint density at radius 3 is 2.43 bits per heavy atom. The Morgan fingerprint density at radius 1 is 1.02 bits per heavy atom. The smallest absolute Gasteiger partial charge is 0.410 e. The Morgan fingerprint density at radius 2 is 1.76 bits per heavy atom. The molecule has 3 aromatic rings. The molecule has 3 heterocycles. The van der Waals surface area contributed by atoms with Crippen molar-refractivity contribution in [3.05, 3.63) is 82.7 Å². The van der Waals surface area contributed by atoms with Crippen molar-refractivity contribution < 1.29 is 19.1 Å². The maximum absolute atomic E-state index is 13.0. The minimum absolute atomic E-state index is 0.149. The van der Waals surface area contributed by atoms with Gasteiger partial charge in [0.2, 0.25) is 0 Å². The average Bonchev–Trinajstić information content (AvgIpc) is 3.31. The van der Waals surface area contributed by atoms with Crippen molar-refractivity contribution in [3.63, 3.8) is 0 Å². The van der Waals surface area contributed by atoms with Crippen LogP contribution in [0, 0.1) is 6.92 Å². The van der Waals surface area contributed by atoms with E-state index in [0.29, 0.717) is 26.2 Å². The van der Waals surface area contributed by atoms with E-state index in [9.17, 15) is 9.59 Å². The predicted octanol–water partition coefficient (Wildman–Crippen LogP) is 5.11. The van der Waals surface area contributed by atoms with Gasteiger partial charge in [-0.15, -0.1) is 0 Å². The molecule has 1 saturated heterocycles. The number of hydrogen-bond donors (Lipinski definition) is 1. The summed E-state index contributed by atoms with van der Waals surface area (Å²) in [4.78, 5) is 39.1. The van der Waals surface area contributed by atoms with E-state index < -0.39 is 12.1 Å². The van der Waals surface area contributed by atoms with Crippen molar-refractivity contribution in [1.82, 2.24) is 29.7 Å². The molecule has 42 heavy (non-hydrogen) atoms. The maximum atomic E-state index is 13.0. The number of hydrogen-bond acceptors (Lipinski definition) is 7. The molecular formula is C32H40N6O4. The van der Waals surface area contributed by atoms with Gasteiger partial charge in [-0.2, -0.15) is 0 Å². The summed E-state index contributed by atoms with van der Waals surface area (Å²) < 4.78 is 12.9. The number of ether oxygens (including phenoxy) is 2. The first-order chi connectivity index (χ1) is 20.1. The number of benzene rings is 1. The van der Waals surface area contributed by atoms with Gasteiger partial charge in [0.1, 0.15) is 0 Å². The van der Waals surface area contributed by atoms with E-state index in [1.165, 1.54) is 0 Å². The lowest BCUT2D eigenvalue weighted by molar-refractivity contribution is 0.0513. The highest BCUT2D eigenvalue weighted by Gasteiger charge is 2.36. The first-order valence-electron chi connectivity index (χ1n) is 14.5. The van der Waals surface area contributed by atoms with E-state index in [4.69, 9.17) is 14.5 Å². The summed E-state index contributed by atoms with van der Waals surface area (Å²) in [6, 6.07) is 9.78. The van der Waals surface area contributed by atoms with E-state index in [-0.39, 0.29) is 24.3 Å². The molecule has 2 atom stereocenters. The molecule has 0 radical (unpaired) electrons. The van der Waals surface area contributed by atoms with Crippen LogP contribution >= 0.6 is 0 Å². The van der Waals surface area contributed by atoms with Crippen molar-refractivity contribution in [2.45, 2.75) is 58.9 Å². The highest BCUT2D eigenvalue weighted by Crippen LogP contribution is 2.43. The number of aryl methyl sites for hydroxylation is 2. The number of piperazine rings is 1. The Hall–Kier alpha value is -4.18. The lowest BCUT2D eigenvalue weighted by atomic mass is 9.88. The molecule has 1 fully saturated rings. The molecule has 1 aliphatic heterocycles. The van der Waals surface area contributed by atoms with E-state index in [0.717, 1.165) is 39.2 Å². The van der Waals surface area contributed by atoms with Crippen LogP contribution in [-0.2, 0) is 16.5 Å². The number of pyridine rings is 1. The Balaban J connectivity index is 1.59. The summed E-state index contributed by atoms with van der Waals surface area (Å²) in [5.41, 5.74) is 6.88. The molecule has 1 aliphatic carbocycles. The Bertz CT molecular complexity index is 1470. The Kier molecular flexibility index (Phi) is 8.63. The first-order valence-corrected chi connectivity index (χ1v) is 14.5. The average molecular weight is 573 g/mol. The molecule has 0 spiro atoms. The van der Waals surface area contributed by atoms with E-state index in [1.807, 2.05) is 51.6 Å². The van der Waals surface area contributed by atoms with Crippen molar-refractivity contribution in [2.75, 3.05) is 26.2 Å². The van der Waals surface area contributed by atoms with Gasteiger partial charge in [-0.25, -0.2) is 14.6 Å². The van der Waals surface area contributed by atoms with Crippen molar-refractivity contribution in [2.24, 2.45) is 7.05 Å². The summed E-state index contributed by atoms with van der Waals surface area (Å²) in [6.07, 6.45) is 6.26. The number of aromatic nitrogens is 3. The van der Waals surface area contributed by atoms with E-state index >= 15 is 0 Å². The monoisotopic (exact) mass is 572 g/mol. The van der Waals surface area contributed by atoms with Crippen LogP contribution in [0.5, 0.6) is 0 Å². The van der Waals surface area contributed by atoms with Crippen molar-refractivity contribution >= 4 is 23.8 Å². The second-order valence-electron chi connectivity index (χ2n) is 11.5. The normalized spacial score (nSPS) is 17.7. The second kappa shape index (κ2) is 12.4. The van der Waals surface area contributed by atoms with Gasteiger partial charge in [-0.1, -0.05) is 29.8 Å². The van der Waals surface area contributed by atoms with Crippen LogP contribution in [-0.4, -0.2) is 74.9 Å². The molecular weight excluding hydrogens is 532 g/mol. The second-order valence-corrected chi connectivity index (χ2v) is 11.5. The van der Waals surface area contributed by atoms with E-state index in [1.54, 1.807) is 17.4 Å². The van der Waals surface area contributed by atoms with Crippen LogP contribution in [0.2, 0.25) is 0 Å². The van der Waals surface area contributed by atoms with Crippen LogP contribution in [0.25, 0.3) is 11.6 Å². The third kappa shape index (κ3) is 6.18. The highest BCUT2D eigenvalue weighted by molar-refractivity contribution is 5.90. The number of nitrogens with one attached hydrogen (secondary N) is 1. The van der Waals surface area contributed by atoms with Gasteiger partial charge in [0.25, 0.3) is 0 Å². The minimum atomic E-state index is -0.529. The van der Waals surface area contributed by atoms with Crippen LogP contribution in [0.4, 0.5) is 9.59 Å².